The molecular weight excluding hydrogens is 214 g/mol. The van der Waals surface area contributed by atoms with Crippen molar-refractivity contribution in [2.24, 2.45) is 5.73 Å². The first-order chi connectivity index (χ1) is 8.17. The molecule has 0 bridgehead atoms. The van der Waals surface area contributed by atoms with Crippen molar-refractivity contribution in [1.82, 2.24) is 0 Å². The predicted octanol–water partition coefficient (Wildman–Crippen LogP) is 2.55. The van der Waals surface area contributed by atoms with Crippen LogP contribution in [0.2, 0.25) is 0 Å². The number of rotatable bonds is 7. The molecule has 0 amide bonds. The summed E-state index contributed by atoms with van der Waals surface area (Å²) < 4.78 is 10.5. The fourth-order valence-electron chi connectivity index (χ4n) is 1.59. The fraction of sp³-hybridized carbons (Fsp3) is 0.571. The number of nitrogens with two attached hydrogens (primary N) is 1. The normalized spacial score (nSPS) is 14.4. The Kier molecular flexibility index (Phi) is 6.01. The van der Waals surface area contributed by atoms with E-state index in [1.165, 1.54) is 5.56 Å². The summed E-state index contributed by atoms with van der Waals surface area (Å²) in [6, 6.07) is 8.16. The predicted molar refractivity (Wildman–Crippen MR) is 70.5 cm³/mol. The van der Waals surface area contributed by atoms with E-state index in [4.69, 9.17) is 15.2 Å². The van der Waals surface area contributed by atoms with Crippen LogP contribution in [0.3, 0.4) is 0 Å². The van der Waals surface area contributed by atoms with Gasteiger partial charge in [-0.3, -0.25) is 0 Å². The number of hydrogen-bond acceptors (Lipinski definition) is 3. The maximum Gasteiger partial charge on any atom is 0.119 e. The maximum atomic E-state index is 5.78. The Morgan fingerprint density at radius 2 is 1.82 bits per heavy atom. The quantitative estimate of drug-likeness (QED) is 0.792. The zero-order chi connectivity index (χ0) is 12.7. The van der Waals surface area contributed by atoms with Crippen molar-refractivity contribution in [3.05, 3.63) is 29.8 Å². The molecular formula is C14H23NO2. The first-order valence-electron chi connectivity index (χ1n) is 6.14. The Morgan fingerprint density at radius 1 is 1.18 bits per heavy atom. The van der Waals surface area contributed by atoms with Gasteiger partial charge in [0, 0.05) is 7.11 Å². The van der Waals surface area contributed by atoms with Crippen LogP contribution in [-0.2, 0) is 4.74 Å². The largest absolute Gasteiger partial charge is 0.492 e. The highest BCUT2D eigenvalue weighted by Crippen LogP contribution is 2.21. The van der Waals surface area contributed by atoms with Crippen molar-refractivity contribution >= 4 is 0 Å². The van der Waals surface area contributed by atoms with Crippen molar-refractivity contribution in [2.75, 3.05) is 20.3 Å². The highest BCUT2D eigenvalue weighted by Gasteiger charge is 2.05. The van der Waals surface area contributed by atoms with Crippen LogP contribution in [0.5, 0.6) is 5.75 Å². The molecule has 0 saturated heterocycles. The van der Waals surface area contributed by atoms with Crippen molar-refractivity contribution in [2.45, 2.75) is 32.2 Å². The summed E-state index contributed by atoms with van der Waals surface area (Å²) in [7, 11) is 1.64. The third-order valence-corrected chi connectivity index (χ3v) is 2.91. The SMILES string of the molecule is CCC(C)c1ccc(OCC(N)COC)cc1. The summed E-state index contributed by atoms with van der Waals surface area (Å²) in [5.41, 5.74) is 7.13. The van der Waals surface area contributed by atoms with Crippen LogP contribution >= 0.6 is 0 Å². The molecule has 0 aromatic heterocycles. The van der Waals surface area contributed by atoms with Gasteiger partial charge in [0.15, 0.2) is 0 Å². The van der Waals surface area contributed by atoms with Gasteiger partial charge in [-0.25, -0.2) is 0 Å². The van der Waals surface area contributed by atoms with Gasteiger partial charge in [0.1, 0.15) is 12.4 Å². The molecule has 0 spiro atoms. The lowest BCUT2D eigenvalue weighted by atomic mass is 9.99. The summed E-state index contributed by atoms with van der Waals surface area (Å²) >= 11 is 0. The Bertz CT molecular complexity index is 311. The van der Waals surface area contributed by atoms with Gasteiger partial charge in [-0.05, 0) is 30.0 Å². The lowest BCUT2D eigenvalue weighted by Gasteiger charge is -2.13. The molecule has 1 rings (SSSR count). The second kappa shape index (κ2) is 7.30. The molecule has 0 aliphatic heterocycles. The maximum absolute atomic E-state index is 5.78. The number of hydrogen-bond donors (Lipinski definition) is 1. The molecule has 17 heavy (non-hydrogen) atoms. The van der Waals surface area contributed by atoms with E-state index >= 15 is 0 Å². The monoisotopic (exact) mass is 237 g/mol. The lowest BCUT2D eigenvalue weighted by Crippen LogP contribution is -2.32. The van der Waals surface area contributed by atoms with Gasteiger partial charge in [-0.15, -0.1) is 0 Å². The van der Waals surface area contributed by atoms with Crippen molar-refractivity contribution in [1.29, 1.82) is 0 Å². The van der Waals surface area contributed by atoms with Gasteiger partial charge < -0.3 is 15.2 Å². The van der Waals surface area contributed by atoms with E-state index in [0.717, 1.165) is 12.2 Å². The second-order valence-corrected chi connectivity index (χ2v) is 4.40. The van der Waals surface area contributed by atoms with Crippen molar-refractivity contribution < 1.29 is 9.47 Å². The zero-order valence-electron chi connectivity index (χ0n) is 11.0. The highest BCUT2D eigenvalue weighted by molar-refractivity contribution is 5.29. The minimum absolute atomic E-state index is 0.0748. The Labute approximate surface area is 104 Å². The zero-order valence-corrected chi connectivity index (χ0v) is 11.0. The molecule has 2 N–H and O–H groups in total. The smallest absolute Gasteiger partial charge is 0.119 e. The molecule has 2 atom stereocenters. The van der Waals surface area contributed by atoms with Gasteiger partial charge in [-0.2, -0.15) is 0 Å². The molecule has 0 radical (unpaired) electrons. The number of methoxy groups -OCH3 is 1. The van der Waals surface area contributed by atoms with E-state index in [9.17, 15) is 0 Å². The summed E-state index contributed by atoms with van der Waals surface area (Å²) in [5.74, 6) is 1.46. The Balaban J connectivity index is 2.45. The van der Waals surface area contributed by atoms with Crippen LogP contribution in [0.1, 0.15) is 31.7 Å². The van der Waals surface area contributed by atoms with Crippen LogP contribution in [-0.4, -0.2) is 26.4 Å². The standard InChI is InChI=1S/C14H23NO2/c1-4-11(2)12-5-7-14(8-6-12)17-10-13(15)9-16-3/h5-8,11,13H,4,9-10,15H2,1-3H3. The fourth-order valence-corrected chi connectivity index (χ4v) is 1.59. The van der Waals surface area contributed by atoms with E-state index < -0.39 is 0 Å². The molecule has 0 saturated carbocycles. The first-order valence-corrected chi connectivity index (χ1v) is 6.14. The molecule has 1 aromatic rings. The van der Waals surface area contributed by atoms with Crippen LogP contribution in [0, 0.1) is 0 Å². The summed E-state index contributed by atoms with van der Waals surface area (Å²) in [6.07, 6.45) is 1.15. The van der Waals surface area contributed by atoms with Gasteiger partial charge in [0.2, 0.25) is 0 Å². The Hall–Kier alpha value is -1.06. The van der Waals surface area contributed by atoms with Crippen LogP contribution in [0.25, 0.3) is 0 Å². The molecule has 1 aromatic carbocycles. The summed E-state index contributed by atoms with van der Waals surface area (Å²) in [4.78, 5) is 0. The summed E-state index contributed by atoms with van der Waals surface area (Å²) in [6.45, 7) is 5.42. The third kappa shape index (κ3) is 4.75. The molecule has 0 aliphatic rings. The lowest BCUT2D eigenvalue weighted by molar-refractivity contribution is 0.152. The van der Waals surface area contributed by atoms with Crippen LogP contribution in [0.15, 0.2) is 24.3 Å². The highest BCUT2D eigenvalue weighted by atomic mass is 16.5. The molecule has 0 heterocycles. The first kappa shape index (κ1) is 14.0. The van der Waals surface area contributed by atoms with Gasteiger partial charge in [-0.1, -0.05) is 26.0 Å². The van der Waals surface area contributed by atoms with Gasteiger partial charge in [0.25, 0.3) is 0 Å². The number of benzene rings is 1. The van der Waals surface area contributed by atoms with E-state index in [2.05, 4.69) is 26.0 Å². The third-order valence-electron chi connectivity index (χ3n) is 2.91. The average Bonchev–Trinajstić information content (AvgIpc) is 2.36. The molecule has 3 heteroatoms. The second-order valence-electron chi connectivity index (χ2n) is 4.40. The van der Waals surface area contributed by atoms with Crippen LogP contribution < -0.4 is 10.5 Å². The van der Waals surface area contributed by atoms with Gasteiger partial charge in [0.05, 0.1) is 12.6 Å². The minimum Gasteiger partial charge on any atom is -0.492 e. The molecule has 96 valence electrons. The molecule has 2 unspecified atom stereocenters. The number of ether oxygens (including phenoxy) is 2. The van der Waals surface area contributed by atoms with E-state index in [1.54, 1.807) is 7.11 Å². The molecule has 0 aliphatic carbocycles. The average molecular weight is 237 g/mol. The van der Waals surface area contributed by atoms with E-state index in [0.29, 0.717) is 19.1 Å². The van der Waals surface area contributed by atoms with Crippen molar-refractivity contribution in [3.63, 3.8) is 0 Å². The van der Waals surface area contributed by atoms with E-state index in [-0.39, 0.29) is 6.04 Å². The molecule has 3 nitrogen and oxygen atoms in total. The van der Waals surface area contributed by atoms with Crippen LogP contribution in [0.4, 0.5) is 0 Å². The summed E-state index contributed by atoms with van der Waals surface area (Å²) in [5, 5.41) is 0. The Morgan fingerprint density at radius 3 is 2.35 bits per heavy atom. The molecule has 0 fully saturated rings. The topological polar surface area (TPSA) is 44.5 Å². The van der Waals surface area contributed by atoms with E-state index in [1.807, 2.05) is 12.1 Å². The van der Waals surface area contributed by atoms with Crippen molar-refractivity contribution in [3.8, 4) is 5.75 Å². The van der Waals surface area contributed by atoms with Gasteiger partial charge >= 0.3 is 0 Å². The minimum atomic E-state index is -0.0748.